The normalized spacial score (nSPS) is 12.0. The second-order valence-corrected chi connectivity index (χ2v) is 14.1. The molecule has 54 heavy (non-hydrogen) atoms. The molecule has 0 amide bonds. The topological polar surface area (TPSA) is 91.3 Å². The number of carbonyl (C=O) groups is 2. The van der Waals surface area contributed by atoms with E-state index in [1.54, 1.807) is 0 Å². The van der Waals surface area contributed by atoms with Gasteiger partial charge in [0.25, 0.3) is 0 Å². The maximum absolute atomic E-state index is 12.7. The van der Waals surface area contributed by atoms with E-state index in [-0.39, 0.29) is 38.2 Å². The van der Waals surface area contributed by atoms with Crippen LogP contribution in [0.2, 0.25) is 0 Å². The fraction of sp³-hybridized carbons (Fsp3) is 0.660. The van der Waals surface area contributed by atoms with Crippen LogP contribution in [0, 0.1) is 0 Å². The average Bonchev–Trinajstić information content (AvgIpc) is 3.18. The van der Waals surface area contributed by atoms with Gasteiger partial charge in [0.2, 0.25) is 0 Å². The van der Waals surface area contributed by atoms with Gasteiger partial charge in [-0.1, -0.05) is 114 Å². The Morgan fingerprint density at radius 2 is 1.02 bits per heavy atom. The molecule has 0 unspecified atom stereocenters. The minimum absolute atomic E-state index is 0.0719. The smallest absolute Gasteiger partial charge is 0.306 e. The Morgan fingerprint density at radius 1 is 0.556 bits per heavy atom. The second kappa shape index (κ2) is 36.9. The molecular formula is C47H76O7. The summed E-state index contributed by atoms with van der Waals surface area (Å²) in [6.45, 7) is 7.72. The summed E-state index contributed by atoms with van der Waals surface area (Å²) in [5.41, 5.74) is 2.19. The minimum Gasteiger partial charge on any atom is -0.461 e. The van der Waals surface area contributed by atoms with E-state index in [2.05, 4.69) is 69.4 Å². The SMILES string of the molecule is CC/C=C\CCCCOC(CCC(=O)OCc1cc(CO)cc(COC(=O)CCCCCCC/C=C\C/C=C\CCCCC)c1)OCCCC/C=C\CC. The molecule has 0 saturated heterocycles. The van der Waals surface area contributed by atoms with Gasteiger partial charge in [-0.25, -0.2) is 0 Å². The number of esters is 2. The predicted octanol–water partition coefficient (Wildman–Crippen LogP) is 12.5. The van der Waals surface area contributed by atoms with E-state index in [4.69, 9.17) is 18.9 Å². The van der Waals surface area contributed by atoms with Gasteiger partial charge < -0.3 is 24.1 Å². The van der Waals surface area contributed by atoms with Crippen molar-refractivity contribution in [3.05, 3.63) is 83.5 Å². The summed E-state index contributed by atoms with van der Waals surface area (Å²) in [6.07, 6.45) is 39.1. The molecule has 1 N–H and O–H groups in total. The van der Waals surface area contributed by atoms with Gasteiger partial charge in [-0.2, -0.15) is 0 Å². The molecule has 0 heterocycles. The van der Waals surface area contributed by atoms with E-state index in [0.717, 1.165) is 94.6 Å². The van der Waals surface area contributed by atoms with Crippen molar-refractivity contribution in [1.29, 1.82) is 0 Å². The van der Waals surface area contributed by atoms with Gasteiger partial charge >= 0.3 is 11.9 Å². The third kappa shape index (κ3) is 30.3. The molecule has 0 atom stereocenters. The molecule has 0 fully saturated rings. The van der Waals surface area contributed by atoms with Crippen LogP contribution in [0.1, 0.15) is 179 Å². The Labute approximate surface area is 329 Å². The number of unbranched alkanes of at least 4 members (excludes halogenated alkanes) is 12. The van der Waals surface area contributed by atoms with Crippen molar-refractivity contribution in [2.45, 2.75) is 188 Å². The summed E-state index contributed by atoms with van der Waals surface area (Å²) in [7, 11) is 0. The van der Waals surface area contributed by atoms with Crippen LogP contribution in [0.4, 0.5) is 0 Å². The van der Waals surface area contributed by atoms with Crippen molar-refractivity contribution in [3.63, 3.8) is 0 Å². The van der Waals surface area contributed by atoms with Gasteiger partial charge in [-0.15, -0.1) is 0 Å². The number of hydrogen-bond acceptors (Lipinski definition) is 7. The fourth-order valence-electron chi connectivity index (χ4n) is 5.83. The minimum atomic E-state index is -0.446. The third-order valence-corrected chi connectivity index (χ3v) is 8.95. The summed E-state index contributed by atoms with van der Waals surface area (Å²) in [5, 5.41) is 9.82. The Morgan fingerprint density at radius 3 is 1.56 bits per heavy atom. The lowest BCUT2D eigenvalue weighted by Crippen LogP contribution is -2.21. The number of allylic oxidation sites excluding steroid dienone is 8. The molecule has 0 aliphatic rings. The van der Waals surface area contributed by atoms with E-state index < -0.39 is 6.29 Å². The molecule has 0 aliphatic heterocycles. The highest BCUT2D eigenvalue weighted by Crippen LogP contribution is 2.16. The van der Waals surface area contributed by atoms with E-state index in [9.17, 15) is 14.7 Å². The molecule has 0 spiro atoms. The fourth-order valence-corrected chi connectivity index (χ4v) is 5.83. The zero-order valence-electron chi connectivity index (χ0n) is 34.4. The lowest BCUT2D eigenvalue weighted by Gasteiger charge is -2.18. The van der Waals surface area contributed by atoms with Crippen molar-refractivity contribution in [3.8, 4) is 0 Å². The number of aliphatic hydroxyl groups is 1. The highest BCUT2D eigenvalue weighted by atomic mass is 16.7. The summed E-state index contributed by atoms with van der Waals surface area (Å²) in [6, 6.07) is 5.48. The Balaban J connectivity index is 2.38. The predicted molar refractivity (Wildman–Crippen MR) is 223 cm³/mol. The number of carbonyl (C=O) groups excluding carboxylic acids is 2. The quantitative estimate of drug-likeness (QED) is 0.0316. The molecule has 7 nitrogen and oxygen atoms in total. The monoisotopic (exact) mass is 753 g/mol. The standard InChI is InChI=1S/C47H76O7/c1-4-7-10-13-16-17-18-19-20-21-22-23-24-25-28-31-45(49)53-40-43-36-42(39-48)37-44(38-43)41-54-46(50)32-33-47(51-34-29-26-14-11-8-5-2)52-35-30-27-15-12-9-6-3/h8-9,11-12,16-17,19-20,36-38,47-48H,4-7,10,13-15,18,21-35,39-41H2,1-3H3/b11-8-,12-9-,17-16-,20-19-. The van der Waals surface area contributed by atoms with E-state index >= 15 is 0 Å². The summed E-state index contributed by atoms with van der Waals surface area (Å²) >= 11 is 0. The van der Waals surface area contributed by atoms with Gasteiger partial charge in [0.15, 0.2) is 6.29 Å². The molecular weight excluding hydrogens is 677 g/mol. The van der Waals surface area contributed by atoms with E-state index in [0.29, 0.717) is 31.6 Å². The van der Waals surface area contributed by atoms with Gasteiger partial charge in [0.1, 0.15) is 13.2 Å². The van der Waals surface area contributed by atoms with Crippen molar-refractivity contribution in [1.82, 2.24) is 0 Å². The number of benzene rings is 1. The van der Waals surface area contributed by atoms with E-state index in [1.807, 2.05) is 18.2 Å². The Hall–Kier alpha value is -3.00. The first-order valence-electron chi connectivity index (χ1n) is 21.4. The molecule has 306 valence electrons. The highest BCUT2D eigenvalue weighted by molar-refractivity contribution is 5.69. The summed E-state index contributed by atoms with van der Waals surface area (Å²) in [4.78, 5) is 25.2. The van der Waals surface area contributed by atoms with Crippen LogP contribution in [0.25, 0.3) is 0 Å². The number of aliphatic hydroxyl groups excluding tert-OH is 1. The number of ether oxygens (including phenoxy) is 4. The van der Waals surface area contributed by atoms with Gasteiger partial charge in [-0.3, -0.25) is 9.59 Å². The van der Waals surface area contributed by atoms with Gasteiger partial charge in [0.05, 0.1) is 13.0 Å². The second-order valence-electron chi connectivity index (χ2n) is 14.1. The molecule has 0 bridgehead atoms. The molecule has 0 aliphatic carbocycles. The lowest BCUT2D eigenvalue weighted by molar-refractivity contribution is -0.160. The van der Waals surface area contributed by atoms with Crippen LogP contribution in [0.15, 0.2) is 66.8 Å². The summed E-state index contributed by atoms with van der Waals surface area (Å²) in [5.74, 6) is -0.551. The van der Waals surface area contributed by atoms with Crippen molar-refractivity contribution >= 4 is 11.9 Å². The molecule has 7 heteroatoms. The third-order valence-electron chi connectivity index (χ3n) is 8.95. The highest BCUT2D eigenvalue weighted by Gasteiger charge is 2.14. The van der Waals surface area contributed by atoms with Crippen LogP contribution >= 0.6 is 0 Å². The maximum atomic E-state index is 12.7. The Kier molecular flexibility index (Phi) is 33.5. The average molecular weight is 753 g/mol. The maximum Gasteiger partial charge on any atom is 0.306 e. The molecule has 1 aromatic carbocycles. The van der Waals surface area contributed by atoms with Crippen molar-refractivity contribution in [2.24, 2.45) is 0 Å². The first-order chi connectivity index (χ1) is 26.5. The largest absolute Gasteiger partial charge is 0.461 e. The number of rotatable bonds is 36. The Bertz CT molecular complexity index is 1140. The van der Waals surface area contributed by atoms with Crippen LogP contribution in [0.3, 0.4) is 0 Å². The molecule has 0 saturated carbocycles. The van der Waals surface area contributed by atoms with Crippen LogP contribution in [0.5, 0.6) is 0 Å². The van der Waals surface area contributed by atoms with Crippen molar-refractivity contribution < 1.29 is 33.6 Å². The lowest BCUT2D eigenvalue weighted by atomic mass is 10.1. The summed E-state index contributed by atoms with van der Waals surface area (Å²) < 4.78 is 23.2. The first kappa shape index (κ1) is 49.0. The zero-order chi connectivity index (χ0) is 39.2. The van der Waals surface area contributed by atoms with Crippen LogP contribution in [-0.2, 0) is 48.4 Å². The van der Waals surface area contributed by atoms with Crippen LogP contribution in [-0.4, -0.2) is 36.5 Å². The zero-order valence-corrected chi connectivity index (χ0v) is 34.4. The molecule has 0 aromatic heterocycles. The van der Waals surface area contributed by atoms with Gasteiger partial charge in [0, 0.05) is 26.1 Å². The van der Waals surface area contributed by atoms with Crippen LogP contribution < -0.4 is 0 Å². The van der Waals surface area contributed by atoms with Gasteiger partial charge in [-0.05, 0) is 113 Å². The number of hydrogen-bond donors (Lipinski definition) is 1. The molecule has 0 radical (unpaired) electrons. The van der Waals surface area contributed by atoms with Crippen molar-refractivity contribution in [2.75, 3.05) is 13.2 Å². The first-order valence-corrected chi connectivity index (χ1v) is 21.4. The molecule has 1 aromatic rings. The van der Waals surface area contributed by atoms with E-state index in [1.165, 1.54) is 38.5 Å². The molecule has 1 rings (SSSR count).